The van der Waals surface area contributed by atoms with E-state index in [9.17, 15) is 22.4 Å². The second kappa shape index (κ2) is 7.83. The van der Waals surface area contributed by atoms with Gasteiger partial charge in [0.2, 0.25) is 10.0 Å². The first-order chi connectivity index (χ1) is 13.2. The van der Waals surface area contributed by atoms with Gasteiger partial charge in [0.1, 0.15) is 18.0 Å². The molecule has 1 aliphatic rings. The molecule has 0 aliphatic heterocycles. The van der Waals surface area contributed by atoms with Gasteiger partial charge < -0.3 is 5.11 Å². The molecule has 0 radical (unpaired) electrons. The number of halogens is 2. The number of ketones is 1. The number of rotatable bonds is 7. The predicted octanol–water partition coefficient (Wildman–Crippen LogP) is 3.11. The molecular formula is C19H15ClFNO5S. The van der Waals surface area contributed by atoms with Crippen LogP contribution in [-0.4, -0.2) is 25.3 Å². The molecule has 6 nitrogen and oxygen atoms in total. The smallest absolute Gasteiger partial charge is 0.310 e. The minimum Gasteiger partial charge on any atom is -0.481 e. The van der Waals surface area contributed by atoms with Crippen LogP contribution >= 0.6 is 11.6 Å². The molecule has 0 bridgehead atoms. The summed E-state index contributed by atoms with van der Waals surface area (Å²) in [6, 6.07) is 6.91. The Bertz CT molecular complexity index is 1080. The summed E-state index contributed by atoms with van der Waals surface area (Å²) in [7, 11) is -3.91. The van der Waals surface area contributed by atoms with Crippen LogP contribution < -0.4 is 4.72 Å². The number of aliphatic carboxylic acids is 1. The second-order valence-corrected chi connectivity index (χ2v) is 8.35. The molecule has 9 heteroatoms. The molecule has 0 saturated heterocycles. The van der Waals surface area contributed by atoms with Crippen LogP contribution in [0.1, 0.15) is 29.2 Å². The average molecular weight is 424 g/mol. The number of Topliss-reactive ketones (excluding diaryl/α,β-unsaturated/α-hetero) is 1. The maximum Gasteiger partial charge on any atom is 0.310 e. The molecule has 1 atom stereocenters. The fourth-order valence-electron chi connectivity index (χ4n) is 2.98. The summed E-state index contributed by atoms with van der Waals surface area (Å²) in [6.07, 6.45) is 2.45. The molecule has 1 aliphatic carbocycles. The SMILES string of the molecule is O=C(O)CC(=O)Cc1c(Cl)ccc2c1C=CC2NS(=O)(=O)c1ccc(F)cc1. The van der Waals surface area contributed by atoms with Gasteiger partial charge in [0.05, 0.1) is 10.9 Å². The van der Waals surface area contributed by atoms with E-state index in [2.05, 4.69) is 4.72 Å². The highest BCUT2D eigenvalue weighted by molar-refractivity contribution is 7.89. The molecule has 2 aromatic rings. The van der Waals surface area contributed by atoms with E-state index in [-0.39, 0.29) is 11.3 Å². The maximum absolute atomic E-state index is 13.0. The molecule has 0 saturated carbocycles. The van der Waals surface area contributed by atoms with Gasteiger partial charge in [-0.3, -0.25) is 9.59 Å². The third-order valence-corrected chi connectivity index (χ3v) is 6.06. The first kappa shape index (κ1) is 20.2. The summed E-state index contributed by atoms with van der Waals surface area (Å²) in [5.74, 6) is -2.28. The minimum absolute atomic E-state index is 0.0819. The lowest BCUT2D eigenvalue weighted by Gasteiger charge is -2.16. The number of carboxylic acid groups (broad SMARTS) is 1. The van der Waals surface area contributed by atoms with E-state index >= 15 is 0 Å². The van der Waals surface area contributed by atoms with E-state index in [1.807, 2.05) is 0 Å². The fourth-order valence-corrected chi connectivity index (χ4v) is 4.38. The quantitative estimate of drug-likeness (QED) is 0.666. The highest BCUT2D eigenvalue weighted by atomic mass is 35.5. The van der Waals surface area contributed by atoms with Gasteiger partial charge in [0.15, 0.2) is 0 Å². The van der Waals surface area contributed by atoms with Crippen LogP contribution in [-0.2, 0) is 26.0 Å². The number of carbonyl (C=O) groups is 2. The number of nitrogens with one attached hydrogen (secondary N) is 1. The average Bonchev–Trinajstić information content (AvgIpc) is 2.99. The van der Waals surface area contributed by atoms with Crippen molar-refractivity contribution in [1.82, 2.24) is 4.72 Å². The Morgan fingerprint density at radius 3 is 2.46 bits per heavy atom. The molecule has 2 aromatic carbocycles. The van der Waals surface area contributed by atoms with Crippen molar-refractivity contribution in [2.75, 3.05) is 0 Å². The molecule has 2 N–H and O–H groups in total. The standard InChI is InChI=1S/C19H15ClFNO5S/c20-17-7-5-15-14(16(17)9-12(23)10-19(24)25)6-8-18(15)22-28(26,27)13-3-1-11(21)2-4-13/h1-8,18,22H,9-10H2,(H,24,25). The van der Waals surface area contributed by atoms with E-state index in [0.717, 1.165) is 24.3 Å². The molecule has 28 heavy (non-hydrogen) atoms. The van der Waals surface area contributed by atoms with Crippen molar-refractivity contribution in [3.8, 4) is 0 Å². The maximum atomic E-state index is 13.0. The molecule has 0 amide bonds. The van der Waals surface area contributed by atoms with Gasteiger partial charge in [-0.2, -0.15) is 4.72 Å². The van der Waals surface area contributed by atoms with Crippen LogP contribution in [0.15, 0.2) is 47.4 Å². The molecule has 0 fully saturated rings. The van der Waals surface area contributed by atoms with Gasteiger partial charge in [-0.25, -0.2) is 12.8 Å². The molecule has 0 heterocycles. The van der Waals surface area contributed by atoms with E-state index in [0.29, 0.717) is 21.7 Å². The molecule has 3 rings (SSSR count). The summed E-state index contributed by atoms with van der Waals surface area (Å²) in [5.41, 5.74) is 1.62. The Hall–Kier alpha value is -2.55. The molecular weight excluding hydrogens is 409 g/mol. The number of benzene rings is 2. The summed E-state index contributed by atoms with van der Waals surface area (Å²) in [6.45, 7) is 0. The lowest BCUT2D eigenvalue weighted by atomic mass is 9.97. The first-order valence-corrected chi connectivity index (χ1v) is 10.0. The third kappa shape index (κ3) is 4.30. The Morgan fingerprint density at radius 2 is 1.82 bits per heavy atom. The van der Waals surface area contributed by atoms with E-state index < -0.39 is 40.1 Å². The lowest BCUT2D eigenvalue weighted by Crippen LogP contribution is -2.27. The second-order valence-electron chi connectivity index (χ2n) is 6.23. The number of carboxylic acids is 1. The van der Waals surface area contributed by atoms with Crippen molar-refractivity contribution in [3.05, 3.63) is 70.0 Å². The van der Waals surface area contributed by atoms with Crippen molar-refractivity contribution < 1.29 is 27.5 Å². The normalized spacial score (nSPS) is 15.4. The largest absolute Gasteiger partial charge is 0.481 e. The molecule has 0 spiro atoms. The van der Waals surface area contributed by atoms with Crippen molar-refractivity contribution in [3.63, 3.8) is 0 Å². The summed E-state index contributed by atoms with van der Waals surface area (Å²) in [4.78, 5) is 22.5. The van der Waals surface area contributed by atoms with E-state index in [1.54, 1.807) is 18.2 Å². The Kier molecular flexibility index (Phi) is 5.64. The van der Waals surface area contributed by atoms with Crippen molar-refractivity contribution in [1.29, 1.82) is 0 Å². The molecule has 1 unspecified atom stereocenters. The predicted molar refractivity (Wildman–Crippen MR) is 101 cm³/mol. The van der Waals surface area contributed by atoms with Crippen LogP contribution in [0.5, 0.6) is 0 Å². The monoisotopic (exact) mass is 423 g/mol. The van der Waals surface area contributed by atoms with Crippen LogP contribution in [0.3, 0.4) is 0 Å². The highest BCUT2D eigenvalue weighted by Crippen LogP contribution is 2.35. The third-order valence-electron chi connectivity index (χ3n) is 4.25. The molecule has 146 valence electrons. The van der Waals surface area contributed by atoms with Crippen molar-refractivity contribution in [2.45, 2.75) is 23.8 Å². The van der Waals surface area contributed by atoms with Crippen molar-refractivity contribution >= 4 is 39.5 Å². The summed E-state index contributed by atoms with van der Waals surface area (Å²) < 4.78 is 40.7. The van der Waals surface area contributed by atoms with Crippen LogP contribution in [0.4, 0.5) is 4.39 Å². The Labute approximate surface area is 165 Å². The van der Waals surface area contributed by atoms with Crippen molar-refractivity contribution in [2.24, 2.45) is 0 Å². The zero-order valence-electron chi connectivity index (χ0n) is 14.4. The van der Waals surface area contributed by atoms with E-state index in [4.69, 9.17) is 16.7 Å². The van der Waals surface area contributed by atoms with Gasteiger partial charge >= 0.3 is 5.97 Å². The number of hydrogen-bond donors (Lipinski definition) is 2. The topological polar surface area (TPSA) is 101 Å². The zero-order chi connectivity index (χ0) is 20.5. The first-order valence-electron chi connectivity index (χ1n) is 8.18. The highest BCUT2D eigenvalue weighted by Gasteiger charge is 2.27. The zero-order valence-corrected chi connectivity index (χ0v) is 15.9. The molecule has 0 aromatic heterocycles. The van der Waals surface area contributed by atoms with Gasteiger partial charge in [-0.1, -0.05) is 29.8 Å². The van der Waals surface area contributed by atoms with Gasteiger partial charge in [0, 0.05) is 11.4 Å². The Balaban J connectivity index is 1.87. The summed E-state index contributed by atoms with van der Waals surface area (Å²) >= 11 is 6.17. The number of fused-ring (bicyclic) bond motifs is 1. The lowest BCUT2D eigenvalue weighted by molar-refractivity contribution is -0.140. The van der Waals surface area contributed by atoms with Gasteiger partial charge in [-0.05, 0) is 47.0 Å². The van der Waals surface area contributed by atoms with E-state index in [1.165, 1.54) is 6.07 Å². The summed E-state index contributed by atoms with van der Waals surface area (Å²) in [5, 5.41) is 9.05. The minimum atomic E-state index is -3.91. The van der Waals surface area contributed by atoms with Gasteiger partial charge in [-0.15, -0.1) is 0 Å². The fraction of sp³-hybridized carbons (Fsp3) is 0.158. The number of sulfonamides is 1. The number of hydrogen-bond acceptors (Lipinski definition) is 4. The van der Waals surface area contributed by atoms with Crippen LogP contribution in [0.25, 0.3) is 6.08 Å². The Morgan fingerprint density at radius 1 is 1.14 bits per heavy atom. The number of carbonyl (C=O) groups excluding carboxylic acids is 1. The van der Waals surface area contributed by atoms with Crippen LogP contribution in [0, 0.1) is 5.82 Å². The van der Waals surface area contributed by atoms with Crippen LogP contribution in [0.2, 0.25) is 5.02 Å². The van der Waals surface area contributed by atoms with Gasteiger partial charge in [0.25, 0.3) is 0 Å².